The third-order valence-corrected chi connectivity index (χ3v) is 3.09. The summed E-state index contributed by atoms with van der Waals surface area (Å²) < 4.78 is 5.26. The van der Waals surface area contributed by atoms with Crippen LogP contribution in [0.4, 0.5) is 9.80 Å². The summed E-state index contributed by atoms with van der Waals surface area (Å²) in [6.45, 7) is 1.90. The highest BCUT2D eigenvalue weighted by Crippen LogP contribution is 2.16. The van der Waals surface area contributed by atoms with Gasteiger partial charge in [-0.15, -0.1) is 11.3 Å². The average molecular weight is 266 g/mol. The van der Waals surface area contributed by atoms with Gasteiger partial charge in [0.2, 0.25) is 0 Å². The molecule has 96 valence electrons. The van der Waals surface area contributed by atoms with Gasteiger partial charge in [-0.2, -0.15) is 0 Å². The lowest BCUT2D eigenvalue weighted by Crippen LogP contribution is -2.32. The van der Waals surface area contributed by atoms with Crippen molar-refractivity contribution in [3.63, 3.8) is 0 Å². The molecule has 0 aliphatic carbocycles. The van der Waals surface area contributed by atoms with Gasteiger partial charge in [0.1, 0.15) is 17.6 Å². The van der Waals surface area contributed by atoms with Crippen molar-refractivity contribution in [3.8, 4) is 0 Å². The maximum Gasteiger partial charge on any atom is 0.319 e. The van der Waals surface area contributed by atoms with Crippen molar-refractivity contribution < 1.29 is 14.3 Å². The largest absolute Gasteiger partial charge is 0.464 e. The van der Waals surface area contributed by atoms with Crippen LogP contribution in [0.3, 0.4) is 0 Å². The number of carbonyl (C=O) groups excluding carboxylic acids is 1. The Balaban J connectivity index is 1.79. The molecule has 2 rings (SSSR count). The van der Waals surface area contributed by atoms with Crippen LogP contribution in [0.15, 0.2) is 34.1 Å². The van der Waals surface area contributed by atoms with E-state index >= 15 is 0 Å². The Labute approximate surface area is 108 Å². The minimum Gasteiger partial charge on any atom is -0.464 e. The molecule has 0 radical (unpaired) electrons. The zero-order valence-electron chi connectivity index (χ0n) is 9.84. The molecule has 0 aliphatic heterocycles. The molecule has 0 aliphatic rings. The number of carbonyl (C=O) groups is 1. The molecule has 0 fully saturated rings. The maximum atomic E-state index is 11.5. The summed E-state index contributed by atoms with van der Waals surface area (Å²) in [5.41, 5.74) is 0. The minimum absolute atomic E-state index is 0.101. The normalized spacial score (nSPS) is 12.1. The van der Waals surface area contributed by atoms with Crippen molar-refractivity contribution in [2.45, 2.75) is 13.0 Å². The molecule has 0 bridgehead atoms. The zero-order chi connectivity index (χ0) is 13.0. The predicted molar refractivity (Wildman–Crippen MR) is 69.7 cm³/mol. The van der Waals surface area contributed by atoms with Gasteiger partial charge in [0.05, 0.1) is 11.5 Å². The van der Waals surface area contributed by atoms with E-state index in [1.54, 1.807) is 25.1 Å². The number of anilines is 1. The van der Waals surface area contributed by atoms with E-state index in [-0.39, 0.29) is 12.6 Å². The van der Waals surface area contributed by atoms with Crippen LogP contribution < -0.4 is 10.6 Å². The third kappa shape index (κ3) is 3.35. The Morgan fingerprint density at radius 2 is 2.33 bits per heavy atom. The highest BCUT2D eigenvalue weighted by atomic mass is 32.1. The second-order valence-electron chi connectivity index (χ2n) is 3.78. The quantitative estimate of drug-likeness (QED) is 0.796. The van der Waals surface area contributed by atoms with E-state index in [9.17, 15) is 9.90 Å². The highest BCUT2D eigenvalue weighted by Gasteiger charge is 2.12. The highest BCUT2D eigenvalue weighted by molar-refractivity contribution is 7.14. The van der Waals surface area contributed by atoms with Gasteiger partial charge >= 0.3 is 6.03 Å². The smallest absolute Gasteiger partial charge is 0.319 e. The molecule has 2 aromatic heterocycles. The molecule has 0 unspecified atom stereocenters. The number of hydrogen-bond acceptors (Lipinski definition) is 4. The lowest BCUT2D eigenvalue weighted by Gasteiger charge is -2.09. The van der Waals surface area contributed by atoms with Crippen molar-refractivity contribution in [1.82, 2.24) is 5.32 Å². The van der Waals surface area contributed by atoms with E-state index in [0.717, 1.165) is 10.8 Å². The summed E-state index contributed by atoms with van der Waals surface area (Å²) in [5.74, 6) is 1.18. The molecule has 0 spiro atoms. The van der Waals surface area contributed by atoms with Crippen molar-refractivity contribution >= 4 is 22.4 Å². The predicted octanol–water partition coefficient (Wildman–Crippen LogP) is 2.50. The van der Waals surface area contributed by atoms with E-state index in [1.165, 1.54) is 11.3 Å². The van der Waals surface area contributed by atoms with Gasteiger partial charge in [-0.1, -0.05) is 0 Å². The number of aliphatic hydroxyl groups is 1. The molecule has 1 atom stereocenters. The molecule has 6 heteroatoms. The fourth-order valence-corrected chi connectivity index (χ4v) is 2.04. The van der Waals surface area contributed by atoms with Crippen molar-refractivity contribution in [1.29, 1.82) is 0 Å². The van der Waals surface area contributed by atoms with Crippen LogP contribution in [0.1, 0.15) is 17.6 Å². The average Bonchev–Trinajstić information content (AvgIpc) is 2.97. The van der Waals surface area contributed by atoms with Crippen LogP contribution >= 0.6 is 11.3 Å². The number of hydrogen-bond donors (Lipinski definition) is 3. The first kappa shape index (κ1) is 12.7. The van der Waals surface area contributed by atoms with Crippen LogP contribution in [-0.2, 0) is 0 Å². The summed E-state index contributed by atoms with van der Waals surface area (Å²) >= 11 is 1.43. The molecule has 2 aromatic rings. The Bertz CT molecular complexity index is 507. The standard InChI is InChI=1S/C12H14N2O3S/c1-8-4-5-10(17-8)9(15)7-13-12(16)14-11-3-2-6-18-11/h2-6,9,15H,7H2,1H3,(H2,13,14,16)/t9-/m0/s1. The second-order valence-corrected chi connectivity index (χ2v) is 4.72. The lowest BCUT2D eigenvalue weighted by atomic mass is 10.3. The molecular weight excluding hydrogens is 252 g/mol. The van der Waals surface area contributed by atoms with E-state index in [0.29, 0.717) is 5.76 Å². The number of nitrogens with one attached hydrogen (secondary N) is 2. The van der Waals surface area contributed by atoms with Gasteiger partial charge in [0.25, 0.3) is 0 Å². The number of thiophene rings is 1. The number of aliphatic hydroxyl groups excluding tert-OH is 1. The maximum absolute atomic E-state index is 11.5. The lowest BCUT2D eigenvalue weighted by molar-refractivity contribution is 0.148. The van der Waals surface area contributed by atoms with Gasteiger partial charge in [0, 0.05) is 0 Å². The molecule has 3 N–H and O–H groups in total. The van der Waals surface area contributed by atoms with Gasteiger partial charge < -0.3 is 14.8 Å². The molecule has 0 saturated heterocycles. The molecule has 2 amide bonds. The van der Waals surface area contributed by atoms with Gasteiger partial charge in [-0.05, 0) is 36.6 Å². The van der Waals surface area contributed by atoms with Crippen molar-refractivity contribution in [2.75, 3.05) is 11.9 Å². The van der Waals surface area contributed by atoms with Gasteiger partial charge in [0.15, 0.2) is 0 Å². The van der Waals surface area contributed by atoms with E-state index in [2.05, 4.69) is 10.6 Å². The fourth-order valence-electron chi connectivity index (χ4n) is 1.43. The first-order valence-corrected chi connectivity index (χ1v) is 6.36. The van der Waals surface area contributed by atoms with E-state index in [4.69, 9.17) is 4.42 Å². The monoisotopic (exact) mass is 266 g/mol. The number of amides is 2. The van der Waals surface area contributed by atoms with Crippen molar-refractivity contribution in [2.24, 2.45) is 0 Å². The summed E-state index contributed by atoms with van der Waals surface area (Å²) in [6.07, 6.45) is -0.840. The molecule has 0 saturated carbocycles. The Hall–Kier alpha value is -1.79. The van der Waals surface area contributed by atoms with Gasteiger partial charge in [-0.25, -0.2) is 4.79 Å². The third-order valence-electron chi connectivity index (χ3n) is 2.30. The minimum atomic E-state index is -0.840. The molecule has 0 aromatic carbocycles. The first-order chi connectivity index (χ1) is 8.65. The SMILES string of the molecule is Cc1ccc([C@@H](O)CNC(=O)Nc2cccs2)o1. The summed E-state index contributed by atoms with van der Waals surface area (Å²) in [5, 5.41) is 17.6. The molecular formula is C12H14N2O3S. The zero-order valence-corrected chi connectivity index (χ0v) is 10.7. The molecule has 2 heterocycles. The van der Waals surface area contributed by atoms with Gasteiger partial charge in [-0.3, -0.25) is 5.32 Å². The summed E-state index contributed by atoms with van der Waals surface area (Å²) in [7, 11) is 0. The Morgan fingerprint density at radius 1 is 1.50 bits per heavy atom. The van der Waals surface area contributed by atoms with Crippen LogP contribution in [-0.4, -0.2) is 17.7 Å². The number of aryl methyl sites for hydroxylation is 1. The molecule has 5 nitrogen and oxygen atoms in total. The number of rotatable bonds is 4. The van der Waals surface area contributed by atoms with Crippen LogP contribution in [0.5, 0.6) is 0 Å². The number of furan rings is 1. The first-order valence-electron chi connectivity index (χ1n) is 5.48. The van der Waals surface area contributed by atoms with Crippen LogP contribution in [0.2, 0.25) is 0 Å². The van der Waals surface area contributed by atoms with E-state index < -0.39 is 6.10 Å². The van der Waals surface area contributed by atoms with Crippen molar-refractivity contribution in [3.05, 3.63) is 41.2 Å². The Morgan fingerprint density at radius 3 is 2.94 bits per heavy atom. The molecule has 18 heavy (non-hydrogen) atoms. The fraction of sp³-hybridized carbons (Fsp3) is 0.250. The number of urea groups is 1. The van der Waals surface area contributed by atoms with Crippen LogP contribution in [0.25, 0.3) is 0 Å². The summed E-state index contributed by atoms with van der Waals surface area (Å²) in [6, 6.07) is 6.76. The van der Waals surface area contributed by atoms with E-state index in [1.807, 2.05) is 11.4 Å². The topological polar surface area (TPSA) is 74.5 Å². The Kier molecular flexibility index (Phi) is 4.01. The summed E-state index contributed by atoms with van der Waals surface area (Å²) in [4.78, 5) is 11.5. The van der Waals surface area contributed by atoms with Crippen LogP contribution in [0, 0.1) is 6.92 Å². The second kappa shape index (κ2) is 5.70.